The van der Waals surface area contributed by atoms with Crippen molar-refractivity contribution >= 4 is 11.6 Å². The molecule has 0 rings (SSSR count). The van der Waals surface area contributed by atoms with E-state index in [1.54, 1.807) is 13.8 Å². The summed E-state index contributed by atoms with van der Waals surface area (Å²) in [5, 5.41) is 0. The minimum Gasteiger partial charge on any atom is -0.300 e. The number of carbonyl (C=O) groups excluding carboxylic acids is 2. The van der Waals surface area contributed by atoms with E-state index in [0.29, 0.717) is 24.4 Å². The molecule has 2 nitrogen and oxygen atoms in total. The molecule has 24 heavy (non-hydrogen) atoms. The molecular formula is C22H38O2. The van der Waals surface area contributed by atoms with Gasteiger partial charge in [-0.25, -0.2) is 0 Å². The standard InChI is InChI=1S/C22H38O2/c1-5-7-15-21(17-11-9-13-19(3)23)22(16-8-6-2)18-12-10-14-20(4)24/h15-16H,5-14,17-18H2,1-4H3/b21-15+,22-16+. The van der Waals surface area contributed by atoms with E-state index in [4.69, 9.17) is 0 Å². The largest absolute Gasteiger partial charge is 0.300 e. The average Bonchev–Trinajstić information content (AvgIpc) is 2.53. The lowest BCUT2D eigenvalue weighted by atomic mass is 9.92. The van der Waals surface area contributed by atoms with Crippen molar-refractivity contribution in [3.05, 3.63) is 23.3 Å². The zero-order valence-corrected chi connectivity index (χ0v) is 16.5. The predicted octanol–water partition coefficient (Wildman–Crippen LogP) is 6.74. The maximum atomic E-state index is 11.1. The SMILES string of the molecule is CCC/C=C(CCCCC(C)=O)/C(=C/CCC)CCCCC(C)=O. The smallest absolute Gasteiger partial charge is 0.129 e. The molecule has 0 atom stereocenters. The van der Waals surface area contributed by atoms with Gasteiger partial charge in [-0.15, -0.1) is 0 Å². The first-order valence-electron chi connectivity index (χ1n) is 9.88. The maximum absolute atomic E-state index is 11.1. The summed E-state index contributed by atoms with van der Waals surface area (Å²) < 4.78 is 0. The Balaban J connectivity index is 4.73. The van der Waals surface area contributed by atoms with Gasteiger partial charge in [0.2, 0.25) is 0 Å². The van der Waals surface area contributed by atoms with Crippen molar-refractivity contribution in [1.82, 2.24) is 0 Å². The fraction of sp³-hybridized carbons (Fsp3) is 0.727. The summed E-state index contributed by atoms with van der Waals surface area (Å²) in [6.45, 7) is 7.78. The number of hydrogen-bond acceptors (Lipinski definition) is 2. The quantitative estimate of drug-likeness (QED) is 0.245. The Hall–Kier alpha value is -1.18. The van der Waals surface area contributed by atoms with E-state index in [0.717, 1.165) is 51.4 Å². The molecule has 2 heteroatoms. The van der Waals surface area contributed by atoms with Crippen LogP contribution in [0.4, 0.5) is 0 Å². The predicted molar refractivity (Wildman–Crippen MR) is 104 cm³/mol. The zero-order chi connectivity index (χ0) is 18.2. The molecule has 0 aromatic rings. The van der Waals surface area contributed by atoms with Gasteiger partial charge >= 0.3 is 0 Å². The molecule has 0 aliphatic carbocycles. The van der Waals surface area contributed by atoms with E-state index in [1.807, 2.05) is 0 Å². The van der Waals surface area contributed by atoms with E-state index < -0.39 is 0 Å². The Morgan fingerprint density at radius 2 is 0.958 bits per heavy atom. The summed E-state index contributed by atoms with van der Waals surface area (Å²) in [5.74, 6) is 0.583. The molecule has 138 valence electrons. The topological polar surface area (TPSA) is 34.1 Å². The van der Waals surface area contributed by atoms with Crippen LogP contribution >= 0.6 is 0 Å². The van der Waals surface area contributed by atoms with Crippen molar-refractivity contribution in [3.63, 3.8) is 0 Å². The van der Waals surface area contributed by atoms with Gasteiger partial charge < -0.3 is 9.59 Å². The van der Waals surface area contributed by atoms with E-state index in [9.17, 15) is 9.59 Å². The minimum absolute atomic E-state index is 0.292. The average molecular weight is 335 g/mol. The second kappa shape index (κ2) is 15.4. The molecule has 0 N–H and O–H groups in total. The van der Waals surface area contributed by atoms with Gasteiger partial charge in [-0.2, -0.15) is 0 Å². The Kier molecular flexibility index (Phi) is 14.6. The van der Waals surface area contributed by atoms with Crippen LogP contribution in [0, 0.1) is 0 Å². The first-order valence-corrected chi connectivity index (χ1v) is 9.88. The molecule has 0 fully saturated rings. The molecule has 0 spiro atoms. The summed E-state index contributed by atoms with van der Waals surface area (Å²) in [6, 6.07) is 0. The third-order valence-corrected chi connectivity index (χ3v) is 4.22. The van der Waals surface area contributed by atoms with E-state index in [-0.39, 0.29) is 0 Å². The van der Waals surface area contributed by atoms with Gasteiger partial charge in [-0.3, -0.25) is 0 Å². The third kappa shape index (κ3) is 13.3. The van der Waals surface area contributed by atoms with Crippen molar-refractivity contribution in [2.75, 3.05) is 0 Å². The molecule has 0 aliphatic heterocycles. The molecule has 0 amide bonds. The van der Waals surface area contributed by atoms with Crippen LogP contribution < -0.4 is 0 Å². The fourth-order valence-electron chi connectivity index (χ4n) is 2.80. The summed E-state index contributed by atoms with van der Waals surface area (Å²) in [5.41, 5.74) is 2.97. The zero-order valence-electron chi connectivity index (χ0n) is 16.5. The van der Waals surface area contributed by atoms with Crippen molar-refractivity contribution in [3.8, 4) is 0 Å². The van der Waals surface area contributed by atoms with Crippen molar-refractivity contribution in [2.45, 2.75) is 105 Å². The maximum Gasteiger partial charge on any atom is 0.129 e. The van der Waals surface area contributed by atoms with Crippen LogP contribution in [-0.4, -0.2) is 11.6 Å². The van der Waals surface area contributed by atoms with Crippen molar-refractivity contribution < 1.29 is 9.59 Å². The second-order valence-corrected chi connectivity index (χ2v) is 6.85. The number of ketones is 2. The Morgan fingerprint density at radius 1 is 0.625 bits per heavy atom. The summed E-state index contributed by atoms with van der Waals surface area (Å²) in [7, 11) is 0. The van der Waals surface area contributed by atoms with Gasteiger partial charge in [-0.05, 0) is 76.4 Å². The lowest BCUT2D eigenvalue weighted by molar-refractivity contribution is -0.117. The first kappa shape index (κ1) is 22.8. The Bertz CT molecular complexity index is 376. The minimum atomic E-state index is 0.292. The highest BCUT2D eigenvalue weighted by molar-refractivity contribution is 5.75. The normalized spacial score (nSPS) is 12.5. The molecule has 0 saturated heterocycles. The highest BCUT2D eigenvalue weighted by Gasteiger charge is 2.07. The van der Waals surface area contributed by atoms with Crippen LogP contribution in [0.15, 0.2) is 23.3 Å². The lowest BCUT2D eigenvalue weighted by Crippen LogP contribution is -1.96. The van der Waals surface area contributed by atoms with Gasteiger partial charge in [0.05, 0.1) is 0 Å². The highest BCUT2D eigenvalue weighted by atomic mass is 16.1. The molecule has 0 radical (unpaired) electrons. The Labute approximate surface area is 149 Å². The molecule has 0 aromatic heterocycles. The van der Waals surface area contributed by atoms with Crippen LogP contribution in [0.2, 0.25) is 0 Å². The lowest BCUT2D eigenvalue weighted by Gasteiger charge is -2.13. The number of allylic oxidation sites excluding steroid dienone is 4. The molecule has 0 unspecified atom stereocenters. The van der Waals surface area contributed by atoms with Gasteiger partial charge in [0.15, 0.2) is 0 Å². The van der Waals surface area contributed by atoms with Crippen LogP contribution in [-0.2, 0) is 9.59 Å². The van der Waals surface area contributed by atoms with E-state index in [1.165, 1.54) is 24.0 Å². The summed E-state index contributed by atoms with van der Waals surface area (Å²) in [4.78, 5) is 22.2. The van der Waals surface area contributed by atoms with Gasteiger partial charge in [0, 0.05) is 12.8 Å². The highest BCUT2D eigenvalue weighted by Crippen LogP contribution is 2.25. The molecule has 0 aliphatic rings. The van der Waals surface area contributed by atoms with Crippen LogP contribution in [0.25, 0.3) is 0 Å². The molecule has 0 heterocycles. The molecule has 0 saturated carbocycles. The van der Waals surface area contributed by atoms with Crippen LogP contribution in [0.5, 0.6) is 0 Å². The van der Waals surface area contributed by atoms with Crippen molar-refractivity contribution in [2.24, 2.45) is 0 Å². The van der Waals surface area contributed by atoms with Crippen molar-refractivity contribution in [1.29, 1.82) is 0 Å². The van der Waals surface area contributed by atoms with Gasteiger partial charge in [-0.1, -0.05) is 38.8 Å². The summed E-state index contributed by atoms with van der Waals surface area (Å²) >= 11 is 0. The monoisotopic (exact) mass is 334 g/mol. The molecule has 0 bridgehead atoms. The van der Waals surface area contributed by atoms with E-state index in [2.05, 4.69) is 26.0 Å². The number of unbranched alkanes of at least 4 members (excludes halogenated alkanes) is 4. The number of hydrogen-bond donors (Lipinski definition) is 0. The number of carbonyl (C=O) groups is 2. The summed E-state index contributed by atoms with van der Waals surface area (Å²) in [6.07, 6.45) is 17.1. The van der Waals surface area contributed by atoms with Crippen LogP contribution in [0.1, 0.15) is 105 Å². The number of Topliss-reactive ketones (excluding diaryl/α,β-unsaturated/α-hetero) is 2. The first-order chi connectivity index (χ1) is 11.5. The Morgan fingerprint density at radius 3 is 1.25 bits per heavy atom. The molecule has 0 aromatic carbocycles. The van der Waals surface area contributed by atoms with E-state index >= 15 is 0 Å². The number of rotatable bonds is 15. The molecular weight excluding hydrogens is 296 g/mol. The van der Waals surface area contributed by atoms with Gasteiger partial charge in [0.25, 0.3) is 0 Å². The third-order valence-electron chi connectivity index (χ3n) is 4.22. The van der Waals surface area contributed by atoms with Gasteiger partial charge in [0.1, 0.15) is 11.6 Å². The fourth-order valence-corrected chi connectivity index (χ4v) is 2.80. The second-order valence-electron chi connectivity index (χ2n) is 6.85. The van der Waals surface area contributed by atoms with Crippen LogP contribution in [0.3, 0.4) is 0 Å².